The second kappa shape index (κ2) is 26.5. The number of rotatable bonds is 28. The Kier molecular flexibility index (Phi) is 19.0. The fraction of sp³-hybridized carbons (Fsp3) is 0.267. The third-order valence-electron chi connectivity index (χ3n) is 10.9. The lowest BCUT2D eigenvalue weighted by molar-refractivity contribution is -0.141. The van der Waals surface area contributed by atoms with Gasteiger partial charge in [0.05, 0.1) is 43.5 Å². The van der Waals surface area contributed by atoms with Gasteiger partial charge in [-0.1, -0.05) is 10.8 Å². The number of amides is 5. The summed E-state index contributed by atoms with van der Waals surface area (Å²) in [5.41, 5.74) is 8.29. The smallest absolute Gasteiger partial charge is 0.327 e. The van der Waals surface area contributed by atoms with Gasteiger partial charge >= 0.3 is 5.97 Å². The molecule has 31 heteroatoms. The minimum atomic E-state index is -1.48. The number of aromatic nitrogens is 11. The van der Waals surface area contributed by atoms with Crippen LogP contribution in [0.15, 0.2) is 96.6 Å². The van der Waals surface area contributed by atoms with Crippen LogP contribution in [0.25, 0.3) is 11.2 Å². The number of imidazole rings is 3. The number of benzene rings is 1. The molecule has 6 aromatic heterocycles. The topological polar surface area (TPSA) is 438 Å². The number of hydrogen-bond acceptors (Lipinski definition) is 22. The predicted octanol–water partition coefficient (Wildman–Crippen LogP) is 0.552. The number of carboxylic acid groups (broad SMARTS) is 1. The zero-order chi connectivity index (χ0) is 54.0. The standard InChI is InChI=1S/C45H47N19O10S2/c46-45-62-37-36(42(71)63-45)56-29(17-52-37)16-51-24-5-3-23(4-6-24)38(67)57-25(18-65)7-8-35(66)58-31(10-26-13-47-20-53-26)39(68)59-32(11-27-14-48-21-54-27)40(69)60-33(12-28-15-49-22-55-28)41(70)61-34(44(72)73)19-75-76-43-30(64-74)2-1-9-50-43/h1-6,9,13-15,17-18,20-22,25,31-34,51H,7-8,10-12,16,19H2,(H,47,53)(H,48,54)(H,49,55)(H,57,67)(H,58,66)(H,59,68)(H,60,69)(H,61,70)(H,72,73)(H3,46,52,62,63,71)/t25-,31?,32?,33?,34?/m0/s1. The SMILES string of the molecule is Nc1nc(O)c2nc(CNc3ccc(C(=O)N[C@H](C=O)CCC(=O)NC(Cc4cnc[nH]4)C(=O)NC(Cc4cnc[nH]4)C(=O)NC(Cc4cnc[nH]4)C(=O)NC(CSSc4ncccc4N=O)C(=O)O)cc3)cnc2n1. The minimum absolute atomic E-state index is 0.0474. The third-order valence-corrected chi connectivity index (χ3v) is 13.2. The van der Waals surface area contributed by atoms with Crippen LogP contribution in [-0.2, 0) is 54.6 Å². The number of nitroso groups, excluding NO2 is 1. The molecule has 4 unspecified atom stereocenters. The van der Waals surface area contributed by atoms with Crippen molar-refractivity contribution in [1.29, 1.82) is 0 Å². The fourth-order valence-corrected chi connectivity index (χ4v) is 9.25. The molecule has 1 aromatic carbocycles. The number of pyridine rings is 1. The molecular formula is C45H47N19O10S2. The first kappa shape index (κ1) is 54.4. The molecule has 7 aromatic rings. The van der Waals surface area contributed by atoms with E-state index in [1.807, 2.05) is 0 Å². The molecule has 0 fully saturated rings. The molecule has 0 saturated heterocycles. The lowest BCUT2D eigenvalue weighted by Crippen LogP contribution is -2.59. The number of hydrogen-bond donors (Lipinski definition) is 12. The van der Waals surface area contributed by atoms with Crippen molar-refractivity contribution in [3.8, 4) is 5.88 Å². The van der Waals surface area contributed by atoms with Crippen molar-refractivity contribution >= 4 is 91.9 Å². The quantitative estimate of drug-likeness (QED) is 0.0181. The van der Waals surface area contributed by atoms with Crippen LogP contribution in [0.4, 0.5) is 17.3 Å². The Bertz CT molecular complexity index is 3130. The van der Waals surface area contributed by atoms with Crippen LogP contribution in [-0.4, -0.2) is 143 Å². The molecular weight excluding hydrogens is 1030 g/mol. The number of nitrogens with zero attached hydrogens (tertiary/aromatic N) is 9. The van der Waals surface area contributed by atoms with Crippen molar-refractivity contribution in [2.75, 3.05) is 16.8 Å². The number of aldehydes is 1. The number of aliphatic carboxylic acids is 1. The van der Waals surface area contributed by atoms with Crippen LogP contribution in [0, 0.1) is 4.91 Å². The Morgan fingerprint density at radius 1 is 0.737 bits per heavy atom. The summed E-state index contributed by atoms with van der Waals surface area (Å²) in [6.07, 6.45) is 10.7. The largest absolute Gasteiger partial charge is 0.492 e. The average Bonchev–Trinajstić information content (AvgIpc) is 4.25. The van der Waals surface area contributed by atoms with E-state index in [2.05, 4.69) is 91.9 Å². The van der Waals surface area contributed by atoms with Crippen LogP contribution >= 0.6 is 21.6 Å². The number of fused-ring (bicyclic) bond motifs is 1. The van der Waals surface area contributed by atoms with Gasteiger partial charge in [-0.05, 0) is 58.8 Å². The van der Waals surface area contributed by atoms with Crippen molar-refractivity contribution in [2.45, 2.75) is 73.9 Å². The summed E-state index contributed by atoms with van der Waals surface area (Å²) in [7, 11) is 1.98. The van der Waals surface area contributed by atoms with Gasteiger partial charge < -0.3 is 67.6 Å². The average molecular weight is 1080 g/mol. The van der Waals surface area contributed by atoms with E-state index in [9.17, 15) is 48.7 Å². The second-order valence-electron chi connectivity index (χ2n) is 16.4. The number of carboxylic acids is 1. The van der Waals surface area contributed by atoms with Crippen LogP contribution in [0.1, 0.15) is 46.0 Å². The lowest BCUT2D eigenvalue weighted by Gasteiger charge is -2.26. The summed E-state index contributed by atoms with van der Waals surface area (Å²) >= 11 is 0. The molecule has 0 aliphatic heterocycles. The summed E-state index contributed by atoms with van der Waals surface area (Å²) < 4.78 is 0. The molecule has 0 bridgehead atoms. The first-order valence-electron chi connectivity index (χ1n) is 22.8. The number of nitrogens with two attached hydrogens (primary N) is 1. The molecule has 0 saturated carbocycles. The maximum absolute atomic E-state index is 14.3. The van der Waals surface area contributed by atoms with Gasteiger partial charge in [-0.2, -0.15) is 9.97 Å². The number of nitrogens with one attached hydrogen (secondary N) is 9. The Hall–Kier alpha value is -9.39. The van der Waals surface area contributed by atoms with Gasteiger partial charge in [0.2, 0.25) is 35.5 Å². The summed E-state index contributed by atoms with van der Waals surface area (Å²) in [5.74, 6) is -6.03. The Morgan fingerprint density at radius 2 is 1.33 bits per heavy atom. The Labute approximate surface area is 436 Å². The molecule has 0 radical (unpaired) electrons. The Balaban J connectivity index is 0.965. The van der Waals surface area contributed by atoms with Gasteiger partial charge in [-0.3, -0.25) is 24.0 Å². The molecule has 0 spiro atoms. The number of carbonyl (C=O) groups excluding carboxylic acids is 6. The highest BCUT2D eigenvalue weighted by atomic mass is 33.1. The van der Waals surface area contributed by atoms with E-state index in [0.717, 1.165) is 21.6 Å². The zero-order valence-corrected chi connectivity index (χ0v) is 41.2. The lowest BCUT2D eigenvalue weighted by atomic mass is 10.1. The fourth-order valence-electron chi connectivity index (χ4n) is 7.08. The van der Waals surface area contributed by atoms with Gasteiger partial charge in [0, 0.05) is 84.6 Å². The van der Waals surface area contributed by atoms with Gasteiger partial charge in [0.25, 0.3) is 5.91 Å². The summed E-state index contributed by atoms with van der Waals surface area (Å²) in [6.45, 7) is 0.186. The van der Waals surface area contributed by atoms with E-state index in [4.69, 9.17) is 5.73 Å². The number of carbonyl (C=O) groups is 7. The molecule has 5 atom stereocenters. The first-order chi connectivity index (χ1) is 36.7. The van der Waals surface area contributed by atoms with Gasteiger partial charge in [0.15, 0.2) is 11.2 Å². The van der Waals surface area contributed by atoms with Crippen LogP contribution in [0.2, 0.25) is 0 Å². The molecule has 76 heavy (non-hydrogen) atoms. The van der Waals surface area contributed by atoms with Crippen LogP contribution in [0.3, 0.4) is 0 Å². The highest BCUT2D eigenvalue weighted by Gasteiger charge is 2.33. The van der Waals surface area contributed by atoms with E-state index in [1.54, 1.807) is 12.1 Å². The van der Waals surface area contributed by atoms with Crippen molar-refractivity contribution in [2.24, 2.45) is 5.18 Å². The summed E-state index contributed by atoms with van der Waals surface area (Å²) in [6, 6.07) is 2.46. The maximum Gasteiger partial charge on any atom is 0.327 e. The maximum atomic E-state index is 14.3. The molecule has 13 N–H and O–H groups in total. The van der Waals surface area contributed by atoms with E-state index in [-0.39, 0.29) is 77.8 Å². The van der Waals surface area contributed by atoms with E-state index in [0.29, 0.717) is 34.7 Å². The highest BCUT2D eigenvalue weighted by Crippen LogP contribution is 2.36. The second-order valence-corrected chi connectivity index (χ2v) is 18.7. The summed E-state index contributed by atoms with van der Waals surface area (Å²) in [5, 5.41) is 39.4. The molecule has 5 amide bonds. The van der Waals surface area contributed by atoms with E-state index >= 15 is 0 Å². The van der Waals surface area contributed by atoms with Gasteiger partial charge in [-0.15, -0.1) is 4.91 Å². The molecule has 29 nitrogen and oxygen atoms in total. The minimum Gasteiger partial charge on any atom is -0.492 e. The predicted molar refractivity (Wildman–Crippen MR) is 272 cm³/mol. The molecule has 7 rings (SSSR count). The Morgan fingerprint density at radius 3 is 1.88 bits per heavy atom. The van der Waals surface area contributed by atoms with Crippen molar-refractivity contribution in [3.05, 3.63) is 120 Å². The van der Waals surface area contributed by atoms with E-state index < -0.39 is 71.6 Å². The number of nitrogen functional groups attached to an aromatic ring is 1. The van der Waals surface area contributed by atoms with Crippen LogP contribution < -0.4 is 37.6 Å². The zero-order valence-electron chi connectivity index (χ0n) is 39.6. The van der Waals surface area contributed by atoms with E-state index in [1.165, 1.54) is 74.2 Å². The molecule has 6 heterocycles. The highest BCUT2D eigenvalue weighted by molar-refractivity contribution is 8.76. The third kappa shape index (κ3) is 15.6. The number of aromatic amines is 3. The normalized spacial score (nSPS) is 13.0. The number of anilines is 2. The number of H-pyrrole nitrogens is 3. The van der Waals surface area contributed by atoms with Crippen molar-refractivity contribution < 1.29 is 43.8 Å². The summed E-state index contributed by atoms with van der Waals surface area (Å²) in [4.78, 5) is 145. The molecule has 394 valence electrons. The van der Waals surface area contributed by atoms with Crippen molar-refractivity contribution in [3.63, 3.8) is 0 Å². The van der Waals surface area contributed by atoms with Gasteiger partial charge in [-0.25, -0.2) is 34.7 Å². The first-order valence-corrected chi connectivity index (χ1v) is 25.1. The number of aromatic hydroxyl groups is 1. The monoisotopic (exact) mass is 1080 g/mol. The van der Waals surface area contributed by atoms with Crippen molar-refractivity contribution in [1.82, 2.24) is 81.4 Å². The molecule has 0 aliphatic carbocycles. The van der Waals surface area contributed by atoms with Crippen LogP contribution in [0.5, 0.6) is 5.88 Å². The van der Waals surface area contributed by atoms with Gasteiger partial charge in [0.1, 0.15) is 41.2 Å². The molecule has 0 aliphatic rings.